The van der Waals surface area contributed by atoms with Crippen molar-refractivity contribution in [3.8, 4) is 45.1 Å². The number of hydrogen-bond donors (Lipinski definition) is 0. The summed E-state index contributed by atoms with van der Waals surface area (Å²) in [6, 6.07) is 68.9. The van der Waals surface area contributed by atoms with Crippen molar-refractivity contribution >= 4 is 65.3 Å². The van der Waals surface area contributed by atoms with Crippen molar-refractivity contribution in [2.75, 3.05) is 0 Å². The fourth-order valence-corrected chi connectivity index (χ4v) is 11.2. The molecule has 0 amide bonds. The second-order valence-corrected chi connectivity index (χ2v) is 16.8. The Bertz CT molecular complexity index is 3830. The quantitative estimate of drug-likeness (QED) is 0.179. The minimum absolute atomic E-state index is 0.279. The van der Waals surface area contributed by atoms with Gasteiger partial charge in [-0.15, -0.1) is 0 Å². The van der Waals surface area contributed by atoms with Crippen LogP contribution in [0, 0.1) is 0 Å². The van der Waals surface area contributed by atoms with Gasteiger partial charge in [0, 0.05) is 49.7 Å². The van der Waals surface area contributed by atoms with Crippen molar-refractivity contribution in [3.63, 3.8) is 0 Å². The number of aromatic nitrogens is 4. The highest BCUT2D eigenvalue weighted by atomic mass is 15.2. The van der Waals surface area contributed by atoms with Gasteiger partial charge in [0.15, 0.2) is 0 Å². The lowest BCUT2D eigenvalue weighted by Gasteiger charge is -2.26. The summed E-state index contributed by atoms with van der Waals surface area (Å²) in [4.78, 5) is 11.1. The monoisotopic (exact) mass is 776 g/mol. The SMILES string of the molecule is c1ccc(-n2c3ccccc3c3cc(-c4nc(-n5c6ccccc6c6cc7c8c(c65)-c5ccc6ccccc6c5C(CC8)c5ccccc5-7)nc5ccccc45)ccc32)cc1. The third kappa shape index (κ3) is 4.54. The zero-order valence-corrected chi connectivity index (χ0v) is 33.2. The van der Waals surface area contributed by atoms with Gasteiger partial charge in [0.25, 0.3) is 0 Å². The van der Waals surface area contributed by atoms with Crippen LogP contribution in [-0.4, -0.2) is 19.1 Å². The Morgan fingerprint density at radius 1 is 0.459 bits per heavy atom. The number of hydrogen-bond acceptors (Lipinski definition) is 2. The molecule has 284 valence electrons. The van der Waals surface area contributed by atoms with Gasteiger partial charge in [-0.1, -0.05) is 140 Å². The van der Waals surface area contributed by atoms with Crippen molar-refractivity contribution in [2.45, 2.75) is 18.8 Å². The number of fused-ring (bicyclic) bond motifs is 18. The van der Waals surface area contributed by atoms with E-state index in [2.05, 4.69) is 197 Å². The van der Waals surface area contributed by atoms with Crippen LogP contribution >= 0.6 is 0 Å². The molecule has 0 radical (unpaired) electrons. The van der Waals surface area contributed by atoms with Gasteiger partial charge < -0.3 is 4.57 Å². The highest BCUT2D eigenvalue weighted by Crippen LogP contribution is 2.55. The summed E-state index contributed by atoms with van der Waals surface area (Å²) < 4.78 is 4.75. The largest absolute Gasteiger partial charge is 0.309 e. The molecule has 14 rings (SSSR count). The summed E-state index contributed by atoms with van der Waals surface area (Å²) in [5.41, 5.74) is 18.3. The summed E-state index contributed by atoms with van der Waals surface area (Å²) in [6.07, 6.45) is 2.05. The molecule has 0 spiro atoms. The van der Waals surface area contributed by atoms with Crippen LogP contribution in [-0.2, 0) is 6.42 Å². The molecule has 0 saturated carbocycles. The maximum atomic E-state index is 5.68. The maximum Gasteiger partial charge on any atom is 0.235 e. The first-order valence-electron chi connectivity index (χ1n) is 21.3. The van der Waals surface area contributed by atoms with Crippen LogP contribution in [0.15, 0.2) is 188 Å². The molecule has 1 unspecified atom stereocenters. The Kier molecular flexibility index (Phi) is 6.70. The van der Waals surface area contributed by atoms with Gasteiger partial charge in [-0.2, -0.15) is 0 Å². The summed E-state index contributed by atoms with van der Waals surface area (Å²) in [6.45, 7) is 0. The molecule has 4 heteroatoms. The molecule has 3 heterocycles. The summed E-state index contributed by atoms with van der Waals surface area (Å²) >= 11 is 0. The first-order chi connectivity index (χ1) is 30.3. The second-order valence-electron chi connectivity index (χ2n) is 16.8. The van der Waals surface area contributed by atoms with E-state index in [0.29, 0.717) is 5.95 Å². The lowest BCUT2D eigenvalue weighted by atomic mass is 9.78. The first-order valence-corrected chi connectivity index (χ1v) is 21.3. The third-order valence-electron chi connectivity index (χ3n) is 13.7. The van der Waals surface area contributed by atoms with Crippen molar-refractivity contribution < 1.29 is 0 Å². The van der Waals surface area contributed by atoms with E-state index < -0.39 is 0 Å². The van der Waals surface area contributed by atoms with E-state index in [1.807, 2.05) is 0 Å². The van der Waals surface area contributed by atoms with Gasteiger partial charge in [0.1, 0.15) is 0 Å². The summed E-state index contributed by atoms with van der Waals surface area (Å²) in [7, 11) is 0. The van der Waals surface area contributed by atoms with E-state index in [1.54, 1.807) is 0 Å². The van der Waals surface area contributed by atoms with Gasteiger partial charge in [-0.25, -0.2) is 9.97 Å². The van der Waals surface area contributed by atoms with Crippen LogP contribution in [0.25, 0.3) is 110 Å². The predicted octanol–water partition coefficient (Wildman–Crippen LogP) is 14.4. The van der Waals surface area contributed by atoms with Crippen LogP contribution in [0.3, 0.4) is 0 Å². The maximum absolute atomic E-state index is 5.68. The van der Waals surface area contributed by atoms with Crippen molar-refractivity contribution in [1.82, 2.24) is 19.1 Å². The lowest BCUT2D eigenvalue weighted by Crippen LogP contribution is -2.07. The fraction of sp³-hybridized carbons (Fsp3) is 0.0526. The molecule has 2 aliphatic carbocycles. The molecule has 9 aromatic carbocycles. The minimum Gasteiger partial charge on any atom is -0.309 e. The van der Waals surface area contributed by atoms with Gasteiger partial charge in [0.05, 0.1) is 33.3 Å². The topological polar surface area (TPSA) is 35.6 Å². The molecule has 61 heavy (non-hydrogen) atoms. The average Bonchev–Trinajstić information content (AvgIpc) is 3.69. The van der Waals surface area contributed by atoms with Gasteiger partial charge in [0.2, 0.25) is 5.95 Å². The molecule has 3 aromatic heterocycles. The molecular weight excluding hydrogens is 741 g/mol. The van der Waals surface area contributed by atoms with Crippen LogP contribution in [0.2, 0.25) is 0 Å². The third-order valence-corrected chi connectivity index (χ3v) is 13.7. The number of para-hydroxylation sites is 4. The molecule has 0 saturated heterocycles. The lowest BCUT2D eigenvalue weighted by molar-refractivity contribution is 0.740. The predicted molar refractivity (Wildman–Crippen MR) is 252 cm³/mol. The standard InChI is InChI=1S/C57H36N4/c1-2-15-36(16-3-1)60-50-24-12-9-20-40(50)47-32-35(27-31-52(47)60)55-44-22-8-11-23-49(44)58-57(59-55)61-51-25-13-10-21-41(51)48-33-46-39-19-7-6-18-38(39)42-29-30-43(46)54(56(48)61)45-28-26-34-14-4-5-17-37(34)53(42)45/h1-28,31-33,42H,29-30H2. The van der Waals surface area contributed by atoms with Crippen LogP contribution < -0.4 is 0 Å². The van der Waals surface area contributed by atoms with Crippen molar-refractivity contribution in [3.05, 3.63) is 205 Å². The van der Waals surface area contributed by atoms with E-state index >= 15 is 0 Å². The molecule has 4 nitrogen and oxygen atoms in total. The van der Waals surface area contributed by atoms with Crippen LogP contribution in [0.5, 0.6) is 0 Å². The number of benzene rings is 9. The Morgan fingerprint density at radius 3 is 2.02 bits per heavy atom. The molecular formula is C57H36N4. The Morgan fingerprint density at radius 2 is 1.15 bits per heavy atom. The van der Waals surface area contributed by atoms with Crippen LogP contribution in [0.4, 0.5) is 0 Å². The summed E-state index contributed by atoms with van der Waals surface area (Å²) in [5, 5.41) is 8.50. The van der Waals surface area contributed by atoms with E-state index in [9.17, 15) is 0 Å². The van der Waals surface area contributed by atoms with E-state index in [-0.39, 0.29) is 5.92 Å². The molecule has 0 aliphatic heterocycles. The first kappa shape index (κ1) is 33.1. The molecule has 1 atom stereocenters. The normalized spacial score (nSPS) is 14.3. The fourth-order valence-electron chi connectivity index (χ4n) is 11.2. The zero-order valence-electron chi connectivity index (χ0n) is 33.2. The van der Waals surface area contributed by atoms with E-state index in [4.69, 9.17) is 9.97 Å². The minimum atomic E-state index is 0.279. The smallest absolute Gasteiger partial charge is 0.235 e. The molecule has 0 N–H and O–H groups in total. The highest BCUT2D eigenvalue weighted by Gasteiger charge is 2.35. The molecule has 2 aliphatic rings. The second kappa shape index (κ2) is 12.4. The van der Waals surface area contributed by atoms with Crippen molar-refractivity contribution in [1.29, 1.82) is 0 Å². The van der Waals surface area contributed by atoms with Crippen molar-refractivity contribution in [2.24, 2.45) is 0 Å². The molecule has 0 fully saturated rings. The number of nitrogens with zero attached hydrogens (tertiary/aromatic N) is 4. The zero-order chi connectivity index (χ0) is 39.8. The van der Waals surface area contributed by atoms with Gasteiger partial charge >= 0.3 is 0 Å². The average molecular weight is 777 g/mol. The Hall–Kier alpha value is -7.82. The highest BCUT2D eigenvalue weighted by molar-refractivity contribution is 6.18. The van der Waals surface area contributed by atoms with E-state index in [1.165, 1.54) is 87.8 Å². The summed E-state index contributed by atoms with van der Waals surface area (Å²) in [5.74, 6) is 0.962. The van der Waals surface area contributed by atoms with E-state index in [0.717, 1.165) is 46.2 Å². The number of rotatable bonds is 3. The Balaban J connectivity index is 1.10. The van der Waals surface area contributed by atoms with Crippen LogP contribution in [0.1, 0.15) is 29.0 Å². The molecule has 2 bridgehead atoms. The Labute approximate surface area is 351 Å². The molecule has 12 aromatic rings. The van der Waals surface area contributed by atoms with Gasteiger partial charge in [-0.05, 0) is 106 Å². The van der Waals surface area contributed by atoms with Gasteiger partial charge in [-0.3, -0.25) is 4.57 Å².